The number of hydrogen-bond acceptors (Lipinski definition) is 5. The van der Waals surface area contributed by atoms with E-state index in [0.717, 1.165) is 28.5 Å². The standard InChI is InChI=1S/C14H14N4O4/c1-3-7-5-9-10(6-8(7)4-2)15-13(19)18-11(9)16-12(17-18)22-14(20)21/h5-6H,3-4H2,1-2H3,(H,15,19)(H,20,21). The first-order valence-corrected chi connectivity index (χ1v) is 6.88. The van der Waals surface area contributed by atoms with Gasteiger partial charge < -0.3 is 14.8 Å². The number of hydrogen-bond donors (Lipinski definition) is 2. The quantitative estimate of drug-likeness (QED) is 0.713. The van der Waals surface area contributed by atoms with E-state index in [4.69, 9.17) is 5.11 Å². The van der Waals surface area contributed by atoms with Crippen molar-refractivity contribution in [2.45, 2.75) is 26.7 Å². The van der Waals surface area contributed by atoms with Gasteiger partial charge in [-0.05, 0) is 36.1 Å². The highest BCUT2D eigenvalue weighted by molar-refractivity contribution is 5.92. The van der Waals surface area contributed by atoms with Gasteiger partial charge in [-0.25, -0.2) is 9.59 Å². The maximum Gasteiger partial charge on any atom is 0.513 e. The largest absolute Gasteiger partial charge is 0.513 e. The lowest BCUT2D eigenvalue weighted by Gasteiger charge is -2.08. The number of carboxylic acid groups (broad SMARTS) is 1. The minimum atomic E-state index is -1.53. The molecule has 0 atom stereocenters. The van der Waals surface area contributed by atoms with E-state index < -0.39 is 11.8 Å². The molecule has 0 aliphatic heterocycles. The lowest BCUT2D eigenvalue weighted by Crippen LogP contribution is -2.18. The van der Waals surface area contributed by atoms with E-state index in [1.165, 1.54) is 0 Å². The molecule has 0 bridgehead atoms. The molecule has 0 radical (unpaired) electrons. The van der Waals surface area contributed by atoms with Crippen LogP contribution in [0, 0.1) is 0 Å². The Balaban J connectivity index is 2.35. The number of fused-ring (bicyclic) bond motifs is 3. The SMILES string of the molecule is CCc1cc2[nH]c(=O)n3nc(OC(=O)O)nc3c2cc1CC. The summed E-state index contributed by atoms with van der Waals surface area (Å²) in [6.45, 7) is 4.10. The van der Waals surface area contributed by atoms with Crippen LogP contribution in [0.25, 0.3) is 16.6 Å². The molecule has 3 aromatic rings. The molecule has 22 heavy (non-hydrogen) atoms. The Morgan fingerprint density at radius 3 is 2.64 bits per heavy atom. The third kappa shape index (κ3) is 2.18. The molecule has 0 spiro atoms. The Morgan fingerprint density at radius 1 is 1.32 bits per heavy atom. The minimum absolute atomic E-state index is 0.271. The van der Waals surface area contributed by atoms with E-state index in [9.17, 15) is 9.59 Å². The van der Waals surface area contributed by atoms with Crippen LogP contribution < -0.4 is 10.4 Å². The number of aromatic nitrogens is 4. The van der Waals surface area contributed by atoms with Crippen LogP contribution in [-0.2, 0) is 12.8 Å². The molecular weight excluding hydrogens is 288 g/mol. The van der Waals surface area contributed by atoms with Crippen molar-refractivity contribution in [1.82, 2.24) is 19.6 Å². The van der Waals surface area contributed by atoms with Crippen molar-refractivity contribution in [3.63, 3.8) is 0 Å². The number of carbonyl (C=O) groups is 1. The zero-order valence-electron chi connectivity index (χ0n) is 12.1. The number of benzene rings is 1. The molecule has 0 saturated heterocycles. The summed E-state index contributed by atoms with van der Waals surface area (Å²) in [5.41, 5.74) is 2.71. The lowest BCUT2D eigenvalue weighted by molar-refractivity contribution is 0.140. The van der Waals surface area contributed by atoms with Gasteiger partial charge in [-0.3, -0.25) is 0 Å². The van der Waals surface area contributed by atoms with Gasteiger partial charge >= 0.3 is 17.9 Å². The summed E-state index contributed by atoms with van der Waals surface area (Å²) in [6, 6.07) is 3.49. The molecule has 114 valence electrons. The molecule has 0 amide bonds. The molecule has 0 aliphatic carbocycles. The predicted octanol–water partition coefficient (Wildman–Crippen LogP) is 1.75. The lowest BCUT2D eigenvalue weighted by atomic mass is 10.0. The molecule has 8 heteroatoms. The van der Waals surface area contributed by atoms with E-state index in [2.05, 4.69) is 19.8 Å². The number of aryl methyl sites for hydroxylation is 2. The highest BCUT2D eigenvalue weighted by atomic mass is 16.7. The summed E-state index contributed by atoms with van der Waals surface area (Å²) in [4.78, 5) is 29.4. The Labute approximate surface area is 124 Å². The number of H-pyrrole nitrogens is 1. The summed E-state index contributed by atoms with van der Waals surface area (Å²) in [5.74, 6) is 0. The van der Waals surface area contributed by atoms with Crippen LogP contribution in [-0.4, -0.2) is 30.8 Å². The number of ether oxygens (including phenoxy) is 1. The predicted molar refractivity (Wildman–Crippen MR) is 78.5 cm³/mol. The smallest absolute Gasteiger partial charge is 0.449 e. The van der Waals surface area contributed by atoms with Crippen LogP contribution in [0.2, 0.25) is 0 Å². The zero-order valence-corrected chi connectivity index (χ0v) is 12.1. The fourth-order valence-corrected chi connectivity index (χ4v) is 2.53. The van der Waals surface area contributed by atoms with Gasteiger partial charge in [0.15, 0.2) is 5.65 Å². The molecule has 8 nitrogen and oxygen atoms in total. The fraction of sp³-hybridized carbons (Fsp3) is 0.286. The Bertz CT molecular complexity index is 941. The van der Waals surface area contributed by atoms with Crippen LogP contribution in [0.1, 0.15) is 25.0 Å². The van der Waals surface area contributed by atoms with Gasteiger partial charge in [0.05, 0.1) is 5.52 Å². The van der Waals surface area contributed by atoms with Gasteiger partial charge in [0, 0.05) is 5.39 Å². The topological polar surface area (TPSA) is 110 Å². The van der Waals surface area contributed by atoms with E-state index in [1.807, 2.05) is 26.0 Å². The van der Waals surface area contributed by atoms with Crippen molar-refractivity contribution in [1.29, 1.82) is 0 Å². The molecule has 0 fully saturated rings. The third-order valence-corrected chi connectivity index (χ3v) is 3.54. The molecule has 1 aromatic carbocycles. The summed E-state index contributed by atoms with van der Waals surface area (Å²) >= 11 is 0. The van der Waals surface area contributed by atoms with Gasteiger partial charge in [0.25, 0.3) is 0 Å². The van der Waals surface area contributed by atoms with Gasteiger partial charge in [-0.2, -0.15) is 9.50 Å². The van der Waals surface area contributed by atoms with E-state index in [1.54, 1.807) is 0 Å². The minimum Gasteiger partial charge on any atom is -0.449 e. The number of nitrogens with zero attached hydrogens (tertiary/aromatic N) is 3. The zero-order chi connectivity index (χ0) is 15.9. The second kappa shape index (κ2) is 5.14. The third-order valence-electron chi connectivity index (χ3n) is 3.54. The van der Waals surface area contributed by atoms with E-state index in [-0.39, 0.29) is 11.7 Å². The fourth-order valence-electron chi connectivity index (χ4n) is 2.53. The molecule has 0 aliphatic rings. The molecule has 2 heterocycles. The molecule has 2 N–H and O–H groups in total. The maximum atomic E-state index is 12.0. The monoisotopic (exact) mass is 302 g/mol. The average molecular weight is 302 g/mol. The first-order valence-electron chi connectivity index (χ1n) is 6.88. The van der Waals surface area contributed by atoms with Crippen LogP contribution in [0.5, 0.6) is 6.01 Å². The van der Waals surface area contributed by atoms with Crippen molar-refractivity contribution in [3.05, 3.63) is 33.7 Å². The van der Waals surface area contributed by atoms with Crippen LogP contribution >= 0.6 is 0 Å². The summed E-state index contributed by atoms with van der Waals surface area (Å²) in [6.07, 6.45) is 0.169. The first kappa shape index (κ1) is 14.1. The first-order chi connectivity index (χ1) is 10.5. The van der Waals surface area contributed by atoms with Crippen LogP contribution in [0.3, 0.4) is 0 Å². The summed E-state index contributed by atoms with van der Waals surface area (Å²) < 4.78 is 5.43. The van der Waals surface area contributed by atoms with Gasteiger partial charge in [-0.1, -0.05) is 13.8 Å². The number of aromatic amines is 1. The van der Waals surface area contributed by atoms with Crippen LogP contribution in [0.15, 0.2) is 16.9 Å². The Hall–Kier alpha value is -2.90. The maximum absolute atomic E-state index is 12.0. The van der Waals surface area contributed by atoms with Gasteiger partial charge in [0.1, 0.15) is 0 Å². The Morgan fingerprint density at radius 2 is 2.00 bits per heavy atom. The normalized spacial score (nSPS) is 11.2. The van der Waals surface area contributed by atoms with Crippen molar-refractivity contribution in [2.24, 2.45) is 0 Å². The molecule has 3 rings (SSSR count). The van der Waals surface area contributed by atoms with E-state index in [0.29, 0.717) is 10.9 Å². The number of nitrogens with one attached hydrogen (secondary N) is 1. The molecular formula is C14H14N4O4. The summed E-state index contributed by atoms with van der Waals surface area (Å²) in [5, 5.41) is 13.1. The van der Waals surface area contributed by atoms with Crippen molar-refractivity contribution >= 4 is 22.7 Å². The van der Waals surface area contributed by atoms with Gasteiger partial charge in [-0.15, -0.1) is 5.10 Å². The van der Waals surface area contributed by atoms with E-state index >= 15 is 0 Å². The number of rotatable bonds is 3. The second-order valence-corrected chi connectivity index (χ2v) is 4.80. The summed E-state index contributed by atoms with van der Waals surface area (Å²) in [7, 11) is 0. The second-order valence-electron chi connectivity index (χ2n) is 4.80. The van der Waals surface area contributed by atoms with Crippen molar-refractivity contribution in [3.8, 4) is 6.01 Å². The highest BCUT2D eigenvalue weighted by Gasteiger charge is 2.15. The van der Waals surface area contributed by atoms with Crippen LogP contribution in [0.4, 0.5) is 4.79 Å². The molecule has 0 saturated carbocycles. The highest BCUT2D eigenvalue weighted by Crippen LogP contribution is 2.22. The van der Waals surface area contributed by atoms with Crippen molar-refractivity contribution < 1.29 is 14.6 Å². The average Bonchev–Trinajstić information content (AvgIpc) is 2.89. The van der Waals surface area contributed by atoms with Crippen molar-refractivity contribution in [2.75, 3.05) is 0 Å². The van der Waals surface area contributed by atoms with Gasteiger partial charge in [0.2, 0.25) is 0 Å². The molecule has 0 unspecified atom stereocenters. The molecule has 2 aromatic heterocycles. The Kier molecular flexibility index (Phi) is 3.28.